The number of anilines is 1. The molecule has 3 nitrogen and oxygen atoms in total. The van der Waals surface area contributed by atoms with Gasteiger partial charge >= 0.3 is 0 Å². The summed E-state index contributed by atoms with van der Waals surface area (Å²) in [5, 5.41) is 2.35. The molecule has 3 N–H and O–H groups in total. The Morgan fingerprint density at radius 2 is 2.15 bits per heavy atom. The number of rotatable bonds is 1. The summed E-state index contributed by atoms with van der Waals surface area (Å²) in [4.78, 5) is 11.1. The monoisotopic (exact) mass is 182 g/mol. The predicted molar refractivity (Wildman–Crippen MR) is 48.9 cm³/mol. The van der Waals surface area contributed by atoms with E-state index in [1.165, 1.54) is 13.1 Å². The summed E-state index contributed by atoms with van der Waals surface area (Å²) in [5.74, 6) is -1.04. The number of nitrogens with one attached hydrogen (secondary N) is 1. The molecular weight excluding hydrogens is 171 g/mol. The minimum atomic E-state index is -0.595. The molecule has 1 aromatic carbocycles. The van der Waals surface area contributed by atoms with Crippen molar-refractivity contribution in [2.45, 2.75) is 6.92 Å². The summed E-state index contributed by atoms with van der Waals surface area (Å²) in [6, 6.07) is 2.59. The van der Waals surface area contributed by atoms with Crippen LogP contribution in [0.5, 0.6) is 0 Å². The molecule has 0 aliphatic carbocycles. The Balaban J connectivity index is 3.23. The quantitative estimate of drug-likeness (QED) is 0.638. The van der Waals surface area contributed by atoms with Crippen molar-refractivity contribution in [2.75, 3.05) is 12.8 Å². The zero-order valence-corrected chi connectivity index (χ0v) is 7.52. The van der Waals surface area contributed by atoms with Crippen LogP contribution in [-0.4, -0.2) is 13.0 Å². The smallest absolute Gasteiger partial charge is 0.254 e. The zero-order chi connectivity index (χ0) is 10.0. The Kier molecular flexibility index (Phi) is 2.51. The van der Waals surface area contributed by atoms with Crippen LogP contribution < -0.4 is 11.1 Å². The van der Waals surface area contributed by atoms with Crippen LogP contribution in [0.15, 0.2) is 12.1 Å². The van der Waals surface area contributed by atoms with Gasteiger partial charge < -0.3 is 11.1 Å². The van der Waals surface area contributed by atoms with E-state index in [1.807, 2.05) is 0 Å². The minimum Gasteiger partial charge on any atom is -0.398 e. The van der Waals surface area contributed by atoms with Crippen LogP contribution in [0.3, 0.4) is 0 Å². The van der Waals surface area contributed by atoms with E-state index >= 15 is 0 Å². The van der Waals surface area contributed by atoms with Crippen molar-refractivity contribution in [3.8, 4) is 0 Å². The Labute approximate surface area is 75.7 Å². The maximum Gasteiger partial charge on any atom is 0.254 e. The van der Waals surface area contributed by atoms with Gasteiger partial charge in [0.05, 0.1) is 5.56 Å². The largest absolute Gasteiger partial charge is 0.398 e. The molecule has 1 rings (SSSR count). The molecule has 0 saturated carbocycles. The number of benzene rings is 1. The first-order valence-corrected chi connectivity index (χ1v) is 3.84. The van der Waals surface area contributed by atoms with Gasteiger partial charge in [0.15, 0.2) is 0 Å². The molecule has 0 spiro atoms. The first kappa shape index (κ1) is 9.51. The van der Waals surface area contributed by atoms with E-state index in [1.54, 1.807) is 6.92 Å². The third-order valence-corrected chi connectivity index (χ3v) is 1.83. The summed E-state index contributed by atoms with van der Waals surface area (Å²) in [5.41, 5.74) is 6.53. The van der Waals surface area contributed by atoms with E-state index in [9.17, 15) is 9.18 Å². The Morgan fingerprint density at radius 1 is 1.54 bits per heavy atom. The van der Waals surface area contributed by atoms with E-state index < -0.39 is 11.7 Å². The van der Waals surface area contributed by atoms with E-state index in [4.69, 9.17) is 5.73 Å². The molecule has 0 fully saturated rings. The highest BCUT2D eigenvalue weighted by Crippen LogP contribution is 2.16. The highest BCUT2D eigenvalue weighted by molar-refractivity contribution is 5.94. The standard InChI is InChI=1S/C9H11FN2O/c1-5-3-6(9(13)12-2)7(10)4-8(5)11/h3-4H,11H2,1-2H3,(H,12,13). The summed E-state index contributed by atoms with van der Waals surface area (Å²) < 4.78 is 13.1. The van der Waals surface area contributed by atoms with Crippen molar-refractivity contribution in [1.82, 2.24) is 5.32 Å². The van der Waals surface area contributed by atoms with Crippen LogP contribution in [0.1, 0.15) is 15.9 Å². The second-order valence-corrected chi connectivity index (χ2v) is 2.77. The van der Waals surface area contributed by atoms with E-state index in [0.29, 0.717) is 11.3 Å². The summed E-state index contributed by atoms with van der Waals surface area (Å²) in [7, 11) is 1.45. The van der Waals surface area contributed by atoms with Crippen molar-refractivity contribution < 1.29 is 9.18 Å². The van der Waals surface area contributed by atoms with Crippen LogP contribution in [0, 0.1) is 12.7 Å². The molecule has 0 bridgehead atoms. The highest BCUT2D eigenvalue weighted by atomic mass is 19.1. The van der Waals surface area contributed by atoms with Gasteiger partial charge in [-0.2, -0.15) is 0 Å². The molecule has 13 heavy (non-hydrogen) atoms. The summed E-state index contributed by atoms with van der Waals surface area (Å²) >= 11 is 0. The molecule has 0 aromatic heterocycles. The Bertz CT molecular complexity index is 350. The second-order valence-electron chi connectivity index (χ2n) is 2.77. The number of aryl methyl sites for hydroxylation is 1. The SMILES string of the molecule is CNC(=O)c1cc(C)c(N)cc1F. The first-order valence-electron chi connectivity index (χ1n) is 3.84. The van der Waals surface area contributed by atoms with Crippen molar-refractivity contribution >= 4 is 11.6 Å². The lowest BCUT2D eigenvalue weighted by Gasteiger charge is -2.05. The molecule has 70 valence electrons. The number of carbonyl (C=O) groups excluding carboxylic acids is 1. The molecule has 0 aliphatic rings. The number of nitrogens with two attached hydrogens (primary N) is 1. The van der Waals surface area contributed by atoms with Gasteiger partial charge in [0, 0.05) is 12.7 Å². The molecule has 1 amide bonds. The van der Waals surface area contributed by atoms with E-state index in [0.717, 1.165) is 6.07 Å². The molecule has 1 aromatic rings. The maximum atomic E-state index is 13.1. The number of carbonyl (C=O) groups is 1. The van der Waals surface area contributed by atoms with E-state index in [-0.39, 0.29) is 5.56 Å². The van der Waals surface area contributed by atoms with E-state index in [2.05, 4.69) is 5.32 Å². The number of hydrogen-bond acceptors (Lipinski definition) is 2. The average Bonchev–Trinajstić information content (AvgIpc) is 2.10. The van der Waals surface area contributed by atoms with Crippen molar-refractivity contribution in [1.29, 1.82) is 0 Å². The van der Waals surface area contributed by atoms with Gasteiger partial charge in [-0.3, -0.25) is 4.79 Å². The molecule has 4 heteroatoms. The first-order chi connectivity index (χ1) is 6.06. The van der Waals surface area contributed by atoms with Crippen LogP contribution in [0.4, 0.5) is 10.1 Å². The van der Waals surface area contributed by atoms with Crippen LogP contribution >= 0.6 is 0 Å². The minimum absolute atomic E-state index is 0.0224. The molecule has 0 radical (unpaired) electrons. The average molecular weight is 182 g/mol. The Morgan fingerprint density at radius 3 is 2.69 bits per heavy atom. The van der Waals surface area contributed by atoms with Gasteiger partial charge in [0.1, 0.15) is 5.82 Å². The summed E-state index contributed by atoms with van der Waals surface area (Å²) in [6.07, 6.45) is 0. The second kappa shape index (κ2) is 3.43. The van der Waals surface area contributed by atoms with Crippen LogP contribution in [-0.2, 0) is 0 Å². The molecule has 0 aliphatic heterocycles. The third-order valence-electron chi connectivity index (χ3n) is 1.83. The van der Waals surface area contributed by atoms with Gasteiger partial charge in [-0.15, -0.1) is 0 Å². The lowest BCUT2D eigenvalue weighted by molar-refractivity contribution is 0.0959. The molecular formula is C9H11FN2O. The highest BCUT2D eigenvalue weighted by Gasteiger charge is 2.11. The topological polar surface area (TPSA) is 55.1 Å². The van der Waals surface area contributed by atoms with Crippen molar-refractivity contribution in [3.63, 3.8) is 0 Å². The van der Waals surface area contributed by atoms with Gasteiger partial charge in [-0.1, -0.05) is 0 Å². The third kappa shape index (κ3) is 1.77. The number of nitrogen functional groups attached to an aromatic ring is 1. The molecule has 0 saturated heterocycles. The van der Waals surface area contributed by atoms with Crippen LogP contribution in [0.2, 0.25) is 0 Å². The maximum absolute atomic E-state index is 13.1. The molecule has 0 atom stereocenters. The van der Waals surface area contributed by atoms with Crippen molar-refractivity contribution in [2.24, 2.45) is 0 Å². The van der Waals surface area contributed by atoms with Gasteiger partial charge in [-0.25, -0.2) is 4.39 Å². The lowest BCUT2D eigenvalue weighted by atomic mass is 10.1. The zero-order valence-electron chi connectivity index (χ0n) is 7.52. The van der Waals surface area contributed by atoms with Gasteiger partial charge in [-0.05, 0) is 24.6 Å². The Hall–Kier alpha value is -1.58. The molecule has 0 unspecified atom stereocenters. The van der Waals surface area contributed by atoms with Crippen LogP contribution in [0.25, 0.3) is 0 Å². The number of hydrogen-bond donors (Lipinski definition) is 2. The van der Waals surface area contributed by atoms with Crippen molar-refractivity contribution in [3.05, 3.63) is 29.1 Å². The number of halogens is 1. The predicted octanol–water partition coefficient (Wildman–Crippen LogP) is 1.08. The van der Waals surface area contributed by atoms with Gasteiger partial charge in [0.25, 0.3) is 5.91 Å². The van der Waals surface area contributed by atoms with Gasteiger partial charge in [0.2, 0.25) is 0 Å². The fourth-order valence-corrected chi connectivity index (χ4v) is 1.01. The normalized spacial score (nSPS) is 9.77. The molecule has 0 heterocycles. The lowest BCUT2D eigenvalue weighted by Crippen LogP contribution is -2.19. The fourth-order valence-electron chi connectivity index (χ4n) is 1.01. The number of amides is 1. The fraction of sp³-hybridized carbons (Fsp3) is 0.222. The summed E-state index contributed by atoms with van der Waals surface area (Å²) in [6.45, 7) is 1.72.